The summed E-state index contributed by atoms with van der Waals surface area (Å²) in [5.74, 6) is 0.739. The lowest BCUT2D eigenvalue weighted by molar-refractivity contribution is -0.126. The van der Waals surface area contributed by atoms with Crippen LogP contribution in [-0.2, 0) is 11.2 Å². The third-order valence-electron chi connectivity index (χ3n) is 3.88. The number of hydrogen-bond acceptors (Lipinski definition) is 3. The maximum atomic E-state index is 12.6. The Morgan fingerprint density at radius 3 is 2.68 bits per heavy atom. The summed E-state index contributed by atoms with van der Waals surface area (Å²) in [6, 6.07) is 14.9. The van der Waals surface area contributed by atoms with Gasteiger partial charge in [0.1, 0.15) is 11.5 Å². The molecule has 1 aliphatic heterocycles. The van der Waals surface area contributed by atoms with Crippen LogP contribution in [0.15, 0.2) is 48.5 Å². The minimum atomic E-state index is -0.451. The zero-order chi connectivity index (χ0) is 15.5. The molecular weight excluding hydrogens is 278 g/mol. The Morgan fingerprint density at radius 1 is 1.18 bits per heavy atom. The smallest absolute Gasteiger partial charge is 0.268 e. The quantitative estimate of drug-likeness (QED) is 0.943. The van der Waals surface area contributed by atoms with Crippen molar-refractivity contribution in [1.29, 1.82) is 0 Å². The molecule has 4 nitrogen and oxygen atoms in total. The van der Waals surface area contributed by atoms with E-state index in [-0.39, 0.29) is 11.7 Å². The van der Waals surface area contributed by atoms with Crippen LogP contribution in [0.1, 0.15) is 18.9 Å². The molecule has 1 amide bonds. The molecule has 1 atom stereocenters. The van der Waals surface area contributed by atoms with Gasteiger partial charge in [0.25, 0.3) is 5.91 Å². The van der Waals surface area contributed by atoms with Gasteiger partial charge in [-0.2, -0.15) is 0 Å². The summed E-state index contributed by atoms with van der Waals surface area (Å²) in [5, 5.41) is 9.71. The number of amides is 1. The monoisotopic (exact) mass is 297 g/mol. The SMILES string of the molecule is CCC1Oc2ccc(O)cc2N(CCc2ccccc2)C1=O. The molecule has 114 valence electrons. The number of carbonyl (C=O) groups is 1. The first-order valence-electron chi connectivity index (χ1n) is 7.54. The number of phenolic OH excluding ortho intramolecular Hbond substituents is 1. The highest BCUT2D eigenvalue weighted by atomic mass is 16.5. The lowest BCUT2D eigenvalue weighted by atomic mass is 10.1. The summed E-state index contributed by atoms with van der Waals surface area (Å²) >= 11 is 0. The number of hydrogen-bond donors (Lipinski definition) is 1. The summed E-state index contributed by atoms with van der Waals surface area (Å²) in [4.78, 5) is 14.3. The largest absolute Gasteiger partial charge is 0.508 e. The van der Waals surface area contributed by atoms with E-state index in [1.165, 1.54) is 5.56 Å². The van der Waals surface area contributed by atoms with E-state index >= 15 is 0 Å². The van der Waals surface area contributed by atoms with Crippen LogP contribution in [0, 0.1) is 0 Å². The van der Waals surface area contributed by atoms with Crippen molar-refractivity contribution in [3.8, 4) is 11.5 Å². The molecule has 3 rings (SSSR count). The molecule has 0 bridgehead atoms. The third kappa shape index (κ3) is 2.77. The number of nitrogens with zero attached hydrogens (tertiary/aromatic N) is 1. The highest BCUT2D eigenvalue weighted by molar-refractivity contribution is 6.00. The number of fused-ring (bicyclic) bond motifs is 1. The van der Waals surface area contributed by atoms with Crippen LogP contribution in [0.3, 0.4) is 0 Å². The molecule has 0 aliphatic carbocycles. The van der Waals surface area contributed by atoms with Crippen LogP contribution >= 0.6 is 0 Å². The van der Waals surface area contributed by atoms with Crippen molar-refractivity contribution in [1.82, 2.24) is 0 Å². The summed E-state index contributed by atoms with van der Waals surface area (Å²) in [6.07, 6.45) is 0.937. The first kappa shape index (κ1) is 14.4. The lowest BCUT2D eigenvalue weighted by Crippen LogP contribution is -2.46. The van der Waals surface area contributed by atoms with Crippen LogP contribution in [-0.4, -0.2) is 23.7 Å². The average molecular weight is 297 g/mol. The second-order valence-corrected chi connectivity index (χ2v) is 5.39. The Kier molecular flexibility index (Phi) is 4.00. The standard InChI is InChI=1S/C18H19NO3/c1-2-16-18(21)19(11-10-13-6-4-3-5-7-13)15-12-14(20)8-9-17(15)22-16/h3-9,12,16,20H,2,10-11H2,1H3. The highest BCUT2D eigenvalue weighted by Crippen LogP contribution is 2.37. The maximum Gasteiger partial charge on any atom is 0.268 e. The van der Waals surface area contributed by atoms with Crippen molar-refractivity contribution >= 4 is 11.6 Å². The van der Waals surface area contributed by atoms with Gasteiger partial charge in [-0.1, -0.05) is 37.3 Å². The van der Waals surface area contributed by atoms with Crippen molar-refractivity contribution in [2.45, 2.75) is 25.9 Å². The molecule has 1 unspecified atom stereocenters. The first-order valence-corrected chi connectivity index (χ1v) is 7.54. The Balaban J connectivity index is 1.87. The molecule has 0 saturated carbocycles. The molecule has 0 radical (unpaired) electrons. The van der Waals surface area contributed by atoms with E-state index < -0.39 is 6.10 Å². The maximum absolute atomic E-state index is 12.6. The van der Waals surface area contributed by atoms with Gasteiger partial charge >= 0.3 is 0 Å². The molecule has 4 heteroatoms. The van der Waals surface area contributed by atoms with Gasteiger partial charge in [-0.15, -0.1) is 0 Å². The van der Waals surface area contributed by atoms with Crippen LogP contribution < -0.4 is 9.64 Å². The predicted octanol–water partition coefficient (Wildman–Crippen LogP) is 3.14. The van der Waals surface area contributed by atoms with Gasteiger partial charge in [0.15, 0.2) is 6.10 Å². The average Bonchev–Trinajstić information content (AvgIpc) is 2.54. The molecule has 0 aromatic heterocycles. The number of aromatic hydroxyl groups is 1. The molecule has 1 heterocycles. The van der Waals surface area contributed by atoms with E-state index in [2.05, 4.69) is 0 Å². The molecule has 2 aromatic carbocycles. The summed E-state index contributed by atoms with van der Waals surface area (Å²) in [6.45, 7) is 2.50. The van der Waals surface area contributed by atoms with Crippen LogP contribution in [0.5, 0.6) is 11.5 Å². The molecular formula is C18H19NO3. The molecule has 1 N–H and O–H groups in total. The van der Waals surface area contributed by atoms with Crippen LogP contribution in [0.25, 0.3) is 0 Å². The first-order chi connectivity index (χ1) is 10.7. The number of rotatable bonds is 4. The second kappa shape index (κ2) is 6.10. The van der Waals surface area contributed by atoms with E-state index in [1.807, 2.05) is 37.3 Å². The fourth-order valence-corrected chi connectivity index (χ4v) is 2.69. The zero-order valence-corrected chi connectivity index (χ0v) is 12.5. The van der Waals surface area contributed by atoms with Gasteiger partial charge in [-0.25, -0.2) is 0 Å². The van der Waals surface area contributed by atoms with Crippen molar-refractivity contribution in [2.75, 3.05) is 11.4 Å². The molecule has 1 aliphatic rings. The fourth-order valence-electron chi connectivity index (χ4n) is 2.69. The van der Waals surface area contributed by atoms with E-state index in [0.717, 1.165) is 6.42 Å². The van der Waals surface area contributed by atoms with Gasteiger partial charge < -0.3 is 14.7 Å². The van der Waals surface area contributed by atoms with Crippen molar-refractivity contribution < 1.29 is 14.6 Å². The number of ether oxygens (including phenoxy) is 1. The summed E-state index contributed by atoms with van der Waals surface area (Å²) in [5.41, 5.74) is 1.82. The molecule has 0 spiro atoms. The van der Waals surface area contributed by atoms with Crippen LogP contribution in [0.4, 0.5) is 5.69 Å². The van der Waals surface area contributed by atoms with Crippen LogP contribution in [0.2, 0.25) is 0 Å². The van der Waals surface area contributed by atoms with Crippen molar-refractivity contribution in [3.63, 3.8) is 0 Å². The van der Waals surface area contributed by atoms with Gasteiger partial charge in [0.2, 0.25) is 0 Å². The lowest BCUT2D eigenvalue weighted by Gasteiger charge is -2.34. The molecule has 0 fully saturated rings. The normalized spacial score (nSPS) is 17.0. The Hall–Kier alpha value is -2.49. The topological polar surface area (TPSA) is 49.8 Å². The number of anilines is 1. The number of carbonyl (C=O) groups excluding carboxylic acids is 1. The molecule has 2 aromatic rings. The number of phenols is 1. The predicted molar refractivity (Wildman–Crippen MR) is 85.3 cm³/mol. The Labute approximate surface area is 130 Å². The minimum Gasteiger partial charge on any atom is -0.508 e. The van der Waals surface area contributed by atoms with E-state index in [0.29, 0.717) is 24.4 Å². The molecule has 0 saturated heterocycles. The van der Waals surface area contributed by atoms with E-state index in [9.17, 15) is 9.90 Å². The summed E-state index contributed by atoms with van der Waals surface area (Å²) < 4.78 is 5.73. The Bertz CT molecular complexity index is 669. The highest BCUT2D eigenvalue weighted by Gasteiger charge is 2.33. The number of benzene rings is 2. The van der Waals surface area contributed by atoms with Gasteiger partial charge in [-0.3, -0.25) is 4.79 Å². The minimum absolute atomic E-state index is 0.0449. The molecule has 22 heavy (non-hydrogen) atoms. The fraction of sp³-hybridized carbons (Fsp3) is 0.278. The van der Waals surface area contributed by atoms with Crippen molar-refractivity contribution in [2.24, 2.45) is 0 Å². The van der Waals surface area contributed by atoms with E-state index in [1.54, 1.807) is 23.1 Å². The second-order valence-electron chi connectivity index (χ2n) is 5.39. The van der Waals surface area contributed by atoms with E-state index in [4.69, 9.17) is 4.74 Å². The summed E-state index contributed by atoms with van der Waals surface area (Å²) in [7, 11) is 0. The Morgan fingerprint density at radius 2 is 1.95 bits per heavy atom. The van der Waals surface area contributed by atoms with Crippen molar-refractivity contribution in [3.05, 3.63) is 54.1 Å². The zero-order valence-electron chi connectivity index (χ0n) is 12.5. The third-order valence-corrected chi connectivity index (χ3v) is 3.88. The van der Waals surface area contributed by atoms with Gasteiger partial charge in [0, 0.05) is 12.6 Å². The van der Waals surface area contributed by atoms with Gasteiger partial charge in [-0.05, 0) is 30.5 Å². The van der Waals surface area contributed by atoms with Gasteiger partial charge in [0.05, 0.1) is 5.69 Å².